The number of halogens is 1. The van der Waals surface area contributed by atoms with Gasteiger partial charge in [-0.15, -0.1) is 15.3 Å². The molecule has 0 saturated carbocycles. The smallest absolute Gasteiger partial charge is 0.270 e. The van der Waals surface area contributed by atoms with E-state index in [1.54, 1.807) is 10.9 Å². The van der Waals surface area contributed by atoms with Gasteiger partial charge in [-0.05, 0) is 24.3 Å². The summed E-state index contributed by atoms with van der Waals surface area (Å²) in [7, 11) is 0. The fraction of sp³-hybridized carbons (Fsp3) is 0. The SMILES string of the molecule is Clc1ccc(Nc2ccn(-c3nnc(-c4ccccc4)c(-c4ccccc4)n3)n2)cc1. The first kappa shape index (κ1) is 19.0. The summed E-state index contributed by atoms with van der Waals surface area (Å²) in [6, 6.07) is 29.2. The number of aromatic nitrogens is 5. The first-order valence-corrected chi connectivity index (χ1v) is 10.1. The molecular formula is C24H17ClN6. The Morgan fingerprint density at radius 1 is 0.677 bits per heavy atom. The van der Waals surface area contributed by atoms with E-state index in [0.29, 0.717) is 16.8 Å². The van der Waals surface area contributed by atoms with Crippen molar-refractivity contribution >= 4 is 23.1 Å². The molecule has 5 aromatic rings. The van der Waals surface area contributed by atoms with Crippen LogP contribution in [0.15, 0.2) is 97.2 Å². The summed E-state index contributed by atoms with van der Waals surface area (Å²) in [6.45, 7) is 0. The minimum atomic E-state index is 0.391. The van der Waals surface area contributed by atoms with Gasteiger partial charge < -0.3 is 5.32 Å². The molecule has 0 radical (unpaired) electrons. The average molecular weight is 425 g/mol. The van der Waals surface area contributed by atoms with Gasteiger partial charge in [0.15, 0.2) is 5.82 Å². The van der Waals surface area contributed by atoms with Crippen LogP contribution in [-0.2, 0) is 0 Å². The number of hydrogen-bond acceptors (Lipinski definition) is 5. The lowest BCUT2D eigenvalue weighted by Crippen LogP contribution is -2.07. The van der Waals surface area contributed by atoms with Crippen molar-refractivity contribution in [2.45, 2.75) is 0 Å². The first-order chi connectivity index (χ1) is 15.3. The lowest BCUT2D eigenvalue weighted by molar-refractivity contribution is 0.779. The van der Waals surface area contributed by atoms with Crippen LogP contribution in [-0.4, -0.2) is 25.0 Å². The molecule has 3 aromatic carbocycles. The third-order valence-corrected chi connectivity index (χ3v) is 4.93. The molecule has 5 rings (SSSR count). The van der Waals surface area contributed by atoms with E-state index in [9.17, 15) is 0 Å². The molecule has 0 aliphatic rings. The Morgan fingerprint density at radius 2 is 1.32 bits per heavy atom. The Morgan fingerprint density at radius 3 is 2.00 bits per heavy atom. The molecule has 0 fully saturated rings. The molecule has 0 atom stereocenters. The lowest BCUT2D eigenvalue weighted by Gasteiger charge is -2.09. The largest absolute Gasteiger partial charge is 0.339 e. The van der Waals surface area contributed by atoms with Crippen molar-refractivity contribution in [3.8, 4) is 28.5 Å². The maximum absolute atomic E-state index is 5.95. The highest BCUT2D eigenvalue weighted by molar-refractivity contribution is 6.30. The van der Waals surface area contributed by atoms with Crippen LogP contribution < -0.4 is 5.32 Å². The fourth-order valence-corrected chi connectivity index (χ4v) is 3.31. The highest BCUT2D eigenvalue weighted by Crippen LogP contribution is 2.28. The normalized spacial score (nSPS) is 10.7. The maximum Gasteiger partial charge on any atom is 0.270 e. The van der Waals surface area contributed by atoms with Crippen LogP contribution in [0.1, 0.15) is 0 Å². The summed E-state index contributed by atoms with van der Waals surface area (Å²) in [5.41, 5.74) is 4.28. The maximum atomic E-state index is 5.95. The second kappa shape index (κ2) is 8.38. The molecule has 6 nitrogen and oxygen atoms in total. The molecule has 1 N–H and O–H groups in total. The minimum absolute atomic E-state index is 0.391. The van der Waals surface area contributed by atoms with Gasteiger partial charge in [-0.25, -0.2) is 9.67 Å². The van der Waals surface area contributed by atoms with Crippen molar-refractivity contribution < 1.29 is 0 Å². The van der Waals surface area contributed by atoms with Crippen molar-refractivity contribution in [1.82, 2.24) is 25.0 Å². The van der Waals surface area contributed by atoms with E-state index >= 15 is 0 Å². The molecule has 2 heterocycles. The number of nitrogens with zero attached hydrogens (tertiary/aromatic N) is 5. The van der Waals surface area contributed by atoms with Gasteiger partial charge >= 0.3 is 0 Å². The van der Waals surface area contributed by atoms with Crippen molar-refractivity contribution in [2.24, 2.45) is 0 Å². The molecule has 0 bridgehead atoms. The Bertz CT molecular complexity index is 1300. The molecule has 0 spiro atoms. The molecule has 0 aliphatic carbocycles. The zero-order chi connectivity index (χ0) is 21.0. The highest BCUT2D eigenvalue weighted by atomic mass is 35.5. The fourth-order valence-electron chi connectivity index (χ4n) is 3.19. The van der Waals surface area contributed by atoms with E-state index in [2.05, 4.69) is 20.6 Å². The molecule has 7 heteroatoms. The Labute approximate surface area is 184 Å². The Kier molecular flexibility index (Phi) is 5.12. The van der Waals surface area contributed by atoms with Crippen LogP contribution in [0.4, 0.5) is 11.5 Å². The molecule has 0 amide bonds. The standard InChI is InChI=1S/C24H17ClN6/c25-19-11-13-20(14-12-19)26-21-15-16-31(30-21)24-27-22(17-7-3-1-4-8-17)23(28-29-24)18-9-5-2-6-10-18/h1-16H,(H,26,30). The van der Waals surface area contributed by atoms with Crippen molar-refractivity contribution in [1.29, 1.82) is 0 Å². The van der Waals surface area contributed by atoms with Gasteiger partial charge in [0.05, 0.1) is 0 Å². The zero-order valence-electron chi connectivity index (χ0n) is 16.4. The van der Waals surface area contributed by atoms with Crippen LogP contribution in [0.3, 0.4) is 0 Å². The predicted molar refractivity (Wildman–Crippen MR) is 123 cm³/mol. The van der Waals surface area contributed by atoms with E-state index in [1.807, 2.05) is 91.0 Å². The molecule has 0 aliphatic heterocycles. The summed E-state index contributed by atoms with van der Waals surface area (Å²) in [5, 5.41) is 17.3. The van der Waals surface area contributed by atoms with Crippen LogP contribution in [0, 0.1) is 0 Å². The number of rotatable bonds is 5. The molecular weight excluding hydrogens is 408 g/mol. The molecule has 2 aromatic heterocycles. The average Bonchev–Trinajstić information content (AvgIpc) is 3.30. The quantitative estimate of drug-likeness (QED) is 0.387. The van der Waals surface area contributed by atoms with E-state index in [0.717, 1.165) is 28.2 Å². The van der Waals surface area contributed by atoms with Gasteiger partial charge in [0, 0.05) is 34.1 Å². The number of benzene rings is 3. The van der Waals surface area contributed by atoms with Crippen molar-refractivity contribution in [3.05, 3.63) is 102 Å². The minimum Gasteiger partial charge on any atom is -0.339 e. The summed E-state index contributed by atoms with van der Waals surface area (Å²) < 4.78 is 1.60. The van der Waals surface area contributed by atoms with E-state index in [1.165, 1.54) is 0 Å². The number of hydrogen-bond donors (Lipinski definition) is 1. The third kappa shape index (κ3) is 4.15. The number of anilines is 2. The van der Waals surface area contributed by atoms with Crippen LogP contribution in [0.5, 0.6) is 0 Å². The topological polar surface area (TPSA) is 68.5 Å². The van der Waals surface area contributed by atoms with Gasteiger partial charge in [-0.1, -0.05) is 72.3 Å². The van der Waals surface area contributed by atoms with Gasteiger partial charge in [0.2, 0.25) is 0 Å². The third-order valence-electron chi connectivity index (χ3n) is 4.68. The molecule has 0 unspecified atom stereocenters. The van der Waals surface area contributed by atoms with Gasteiger partial charge in [0.25, 0.3) is 5.95 Å². The first-order valence-electron chi connectivity index (χ1n) is 9.70. The van der Waals surface area contributed by atoms with E-state index in [-0.39, 0.29) is 0 Å². The van der Waals surface area contributed by atoms with Crippen molar-refractivity contribution in [2.75, 3.05) is 5.32 Å². The Balaban J connectivity index is 1.52. The predicted octanol–water partition coefficient (Wildman–Crippen LogP) is 5.79. The summed E-state index contributed by atoms with van der Waals surface area (Å²) in [4.78, 5) is 4.80. The molecule has 0 saturated heterocycles. The van der Waals surface area contributed by atoms with Crippen LogP contribution >= 0.6 is 11.6 Å². The summed E-state index contributed by atoms with van der Waals surface area (Å²) in [5.74, 6) is 1.06. The van der Waals surface area contributed by atoms with E-state index < -0.39 is 0 Å². The highest BCUT2D eigenvalue weighted by Gasteiger charge is 2.15. The van der Waals surface area contributed by atoms with E-state index in [4.69, 9.17) is 16.6 Å². The second-order valence-electron chi connectivity index (χ2n) is 6.82. The summed E-state index contributed by atoms with van der Waals surface area (Å²) in [6.07, 6.45) is 1.80. The van der Waals surface area contributed by atoms with Crippen LogP contribution in [0.2, 0.25) is 5.02 Å². The number of nitrogens with one attached hydrogen (secondary N) is 1. The van der Waals surface area contributed by atoms with Crippen LogP contribution in [0.25, 0.3) is 28.5 Å². The lowest BCUT2D eigenvalue weighted by atomic mass is 10.0. The Hall–Kier alpha value is -4.03. The summed E-state index contributed by atoms with van der Waals surface area (Å²) >= 11 is 5.95. The zero-order valence-corrected chi connectivity index (χ0v) is 17.1. The van der Waals surface area contributed by atoms with Gasteiger partial charge in [-0.3, -0.25) is 0 Å². The van der Waals surface area contributed by atoms with Gasteiger partial charge in [-0.2, -0.15) is 0 Å². The molecule has 150 valence electrons. The second-order valence-corrected chi connectivity index (χ2v) is 7.25. The monoisotopic (exact) mass is 424 g/mol. The van der Waals surface area contributed by atoms with Crippen molar-refractivity contribution in [3.63, 3.8) is 0 Å². The van der Waals surface area contributed by atoms with Gasteiger partial charge in [0.1, 0.15) is 11.4 Å². The molecule has 31 heavy (non-hydrogen) atoms.